The zero-order valence-corrected chi connectivity index (χ0v) is 14.9. The van der Waals surface area contributed by atoms with Crippen molar-refractivity contribution in [3.63, 3.8) is 0 Å². The molecule has 0 saturated heterocycles. The minimum atomic E-state index is -0.519. The molecule has 0 aliphatic carbocycles. The van der Waals surface area contributed by atoms with Crippen molar-refractivity contribution < 1.29 is 19.1 Å². The monoisotopic (exact) mass is 355 g/mol. The molecule has 2 aromatic carbocycles. The molecule has 0 unspecified atom stereocenters. The third-order valence-electron chi connectivity index (χ3n) is 3.57. The van der Waals surface area contributed by atoms with E-state index in [-0.39, 0.29) is 6.42 Å². The first-order chi connectivity index (χ1) is 12.5. The molecule has 136 valence electrons. The van der Waals surface area contributed by atoms with Gasteiger partial charge in [-0.15, -0.1) is 0 Å². The van der Waals surface area contributed by atoms with Crippen molar-refractivity contribution in [1.29, 1.82) is 0 Å². The summed E-state index contributed by atoms with van der Waals surface area (Å²) in [5.74, 6) is 0.130. The molecule has 0 radical (unpaired) electrons. The summed E-state index contributed by atoms with van der Waals surface area (Å²) >= 11 is 0. The SMILES string of the molecule is COc1cccc(C=NNC(=O)CC(=O)Nc2ccccc2C)c1OC. The lowest BCUT2D eigenvalue weighted by molar-refractivity contribution is -0.126. The number of hydrazone groups is 1. The van der Waals surface area contributed by atoms with E-state index in [4.69, 9.17) is 9.47 Å². The van der Waals surface area contributed by atoms with Crippen LogP contribution in [0.5, 0.6) is 11.5 Å². The van der Waals surface area contributed by atoms with Crippen LogP contribution in [0.1, 0.15) is 17.5 Å². The quantitative estimate of drug-likeness (QED) is 0.454. The molecule has 0 aliphatic heterocycles. The zero-order valence-electron chi connectivity index (χ0n) is 14.9. The van der Waals surface area contributed by atoms with Gasteiger partial charge in [0.15, 0.2) is 11.5 Å². The Labute approximate surface area is 152 Å². The minimum Gasteiger partial charge on any atom is -0.493 e. The number of nitrogens with one attached hydrogen (secondary N) is 2. The normalized spacial score (nSPS) is 10.4. The maximum Gasteiger partial charge on any atom is 0.249 e. The molecule has 2 aromatic rings. The Bertz CT molecular complexity index is 818. The fraction of sp³-hybridized carbons (Fsp3) is 0.211. The number of anilines is 1. The molecular formula is C19H21N3O4. The van der Waals surface area contributed by atoms with Crippen LogP contribution in [0.4, 0.5) is 5.69 Å². The van der Waals surface area contributed by atoms with Crippen molar-refractivity contribution >= 4 is 23.7 Å². The van der Waals surface area contributed by atoms with Crippen LogP contribution in [-0.2, 0) is 9.59 Å². The van der Waals surface area contributed by atoms with Crippen molar-refractivity contribution in [2.45, 2.75) is 13.3 Å². The van der Waals surface area contributed by atoms with Crippen LogP contribution in [0.25, 0.3) is 0 Å². The predicted octanol–water partition coefficient (Wildman–Crippen LogP) is 2.49. The summed E-state index contributed by atoms with van der Waals surface area (Å²) < 4.78 is 10.5. The number of hydrogen-bond acceptors (Lipinski definition) is 5. The molecule has 0 aliphatic rings. The molecule has 0 bridgehead atoms. The summed E-state index contributed by atoms with van der Waals surface area (Å²) in [5, 5.41) is 6.56. The summed E-state index contributed by atoms with van der Waals surface area (Å²) in [6.07, 6.45) is 1.10. The molecule has 2 N–H and O–H groups in total. The Morgan fingerprint density at radius 2 is 1.81 bits per heavy atom. The number of methoxy groups -OCH3 is 2. The Hall–Kier alpha value is -3.35. The summed E-state index contributed by atoms with van der Waals surface area (Å²) in [7, 11) is 3.05. The Morgan fingerprint density at radius 1 is 1.04 bits per heavy atom. The summed E-state index contributed by atoms with van der Waals surface area (Å²) in [6, 6.07) is 12.6. The van der Waals surface area contributed by atoms with E-state index in [0.717, 1.165) is 5.56 Å². The highest BCUT2D eigenvalue weighted by atomic mass is 16.5. The van der Waals surface area contributed by atoms with Crippen molar-refractivity contribution in [3.8, 4) is 11.5 Å². The smallest absolute Gasteiger partial charge is 0.249 e. The highest BCUT2D eigenvalue weighted by Gasteiger charge is 2.11. The molecule has 0 spiro atoms. The van der Waals surface area contributed by atoms with Gasteiger partial charge < -0.3 is 14.8 Å². The second kappa shape index (κ2) is 9.22. The second-order valence-electron chi connectivity index (χ2n) is 5.42. The van der Waals surface area contributed by atoms with Crippen molar-refractivity contribution in [1.82, 2.24) is 5.43 Å². The fourth-order valence-electron chi connectivity index (χ4n) is 2.28. The number of amides is 2. The van der Waals surface area contributed by atoms with Crippen molar-refractivity contribution in [2.75, 3.05) is 19.5 Å². The molecule has 26 heavy (non-hydrogen) atoms. The van der Waals surface area contributed by atoms with E-state index in [2.05, 4.69) is 15.8 Å². The first-order valence-electron chi connectivity index (χ1n) is 7.93. The standard InChI is InChI=1S/C19H21N3O4/c1-13-7-4-5-9-15(13)21-17(23)11-18(24)22-20-12-14-8-6-10-16(25-2)19(14)26-3/h4-10,12H,11H2,1-3H3,(H,21,23)(H,22,24). The van der Waals surface area contributed by atoms with Crippen LogP contribution in [0.15, 0.2) is 47.6 Å². The van der Waals surface area contributed by atoms with E-state index >= 15 is 0 Å². The molecule has 7 nitrogen and oxygen atoms in total. The van der Waals surface area contributed by atoms with Crippen LogP contribution >= 0.6 is 0 Å². The number of para-hydroxylation sites is 2. The van der Waals surface area contributed by atoms with E-state index in [9.17, 15) is 9.59 Å². The Balaban J connectivity index is 1.91. The lowest BCUT2D eigenvalue weighted by atomic mass is 10.2. The predicted molar refractivity (Wildman–Crippen MR) is 99.7 cm³/mol. The van der Waals surface area contributed by atoms with E-state index in [1.807, 2.05) is 25.1 Å². The summed E-state index contributed by atoms with van der Waals surface area (Å²) in [6.45, 7) is 1.88. The number of ether oxygens (including phenoxy) is 2. The topological polar surface area (TPSA) is 89.0 Å². The van der Waals surface area contributed by atoms with Gasteiger partial charge in [0.2, 0.25) is 11.8 Å². The number of benzene rings is 2. The van der Waals surface area contributed by atoms with Crippen LogP contribution in [0.2, 0.25) is 0 Å². The van der Waals surface area contributed by atoms with Gasteiger partial charge in [0, 0.05) is 11.3 Å². The van der Waals surface area contributed by atoms with Crippen LogP contribution in [0, 0.1) is 6.92 Å². The number of rotatable bonds is 7. The van der Waals surface area contributed by atoms with Gasteiger partial charge in [0.05, 0.1) is 20.4 Å². The maximum atomic E-state index is 11.9. The number of carbonyl (C=O) groups excluding carboxylic acids is 2. The average Bonchev–Trinajstić information content (AvgIpc) is 2.63. The van der Waals surface area contributed by atoms with Gasteiger partial charge in [-0.2, -0.15) is 5.10 Å². The van der Waals surface area contributed by atoms with Crippen LogP contribution in [0.3, 0.4) is 0 Å². The molecular weight excluding hydrogens is 334 g/mol. The fourth-order valence-corrected chi connectivity index (χ4v) is 2.28. The largest absolute Gasteiger partial charge is 0.493 e. The van der Waals surface area contributed by atoms with Gasteiger partial charge in [0.25, 0.3) is 0 Å². The number of nitrogens with zero attached hydrogens (tertiary/aromatic N) is 1. The molecule has 0 heterocycles. The second-order valence-corrected chi connectivity index (χ2v) is 5.42. The van der Waals surface area contributed by atoms with Gasteiger partial charge in [0.1, 0.15) is 6.42 Å². The zero-order chi connectivity index (χ0) is 18.9. The van der Waals surface area contributed by atoms with Gasteiger partial charge in [-0.3, -0.25) is 9.59 Å². The van der Waals surface area contributed by atoms with E-state index < -0.39 is 11.8 Å². The van der Waals surface area contributed by atoms with E-state index in [0.29, 0.717) is 22.7 Å². The van der Waals surface area contributed by atoms with Crippen molar-refractivity contribution in [3.05, 3.63) is 53.6 Å². The lowest BCUT2D eigenvalue weighted by Gasteiger charge is -2.09. The van der Waals surface area contributed by atoms with Gasteiger partial charge in [-0.25, -0.2) is 5.43 Å². The molecule has 0 aromatic heterocycles. The van der Waals surface area contributed by atoms with Crippen LogP contribution < -0.4 is 20.2 Å². The molecule has 7 heteroatoms. The third kappa shape index (κ3) is 5.07. The molecule has 0 atom stereocenters. The first-order valence-corrected chi connectivity index (χ1v) is 7.93. The summed E-state index contributed by atoms with van der Waals surface area (Å²) in [5.41, 5.74) is 4.56. The minimum absolute atomic E-state index is 0.332. The van der Waals surface area contributed by atoms with E-state index in [1.54, 1.807) is 24.3 Å². The Kier molecular flexibility index (Phi) is 6.73. The molecule has 0 saturated carbocycles. The van der Waals surface area contributed by atoms with Gasteiger partial charge in [-0.1, -0.05) is 24.3 Å². The number of carbonyl (C=O) groups is 2. The molecule has 0 fully saturated rings. The van der Waals surface area contributed by atoms with E-state index in [1.165, 1.54) is 20.4 Å². The molecule has 2 rings (SSSR count). The number of aryl methyl sites for hydroxylation is 1. The Morgan fingerprint density at radius 3 is 2.50 bits per heavy atom. The van der Waals surface area contributed by atoms with Gasteiger partial charge in [-0.05, 0) is 30.7 Å². The average molecular weight is 355 g/mol. The first kappa shape index (κ1) is 19.0. The molecule has 2 amide bonds. The van der Waals surface area contributed by atoms with Crippen LogP contribution in [-0.4, -0.2) is 32.2 Å². The third-order valence-corrected chi connectivity index (χ3v) is 3.57. The highest BCUT2D eigenvalue weighted by Crippen LogP contribution is 2.29. The maximum absolute atomic E-state index is 11.9. The lowest BCUT2D eigenvalue weighted by Crippen LogP contribution is -2.24. The number of hydrogen-bond donors (Lipinski definition) is 2. The van der Waals surface area contributed by atoms with Crippen molar-refractivity contribution in [2.24, 2.45) is 5.10 Å². The highest BCUT2D eigenvalue weighted by molar-refractivity contribution is 6.04. The summed E-state index contributed by atoms with van der Waals surface area (Å²) in [4.78, 5) is 23.8. The van der Waals surface area contributed by atoms with Gasteiger partial charge >= 0.3 is 0 Å².